The van der Waals surface area contributed by atoms with E-state index in [2.05, 4.69) is 11.9 Å². The monoisotopic (exact) mass is 221 g/mol. The third-order valence-corrected chi connectivity index (χ3v) is 3.38. The number of carbonyl (C=O) groups is 1. The average molecular weight is 221 g/mol. The van der Waals surface area contributed by atoms with Crippen LogP contribution in [-0.4, -0.2) is 44.1 Å². The van der Waals surface area contributed by atoms with Gasteiger partial charge in [-0.2, -0.15) is 0 Å². The highest BCUT2D eigenvalue weighted by Crippen LogP contribution is 1.89. The minimum absolute atomic E-state index is 0.0242. The van der Waals surface area contributed by atoms with Gasteiger partial charge in [-0.15, -0.1) is 0 Å². The summed E-state index contributed by atoms with van der Waals surface area (Å²) in [5.74, 6) is -0.943. The van der Waals surface area contributed by atoms with Gasteiger partial charge < -0.3 is 10.4 Å². The maximum atomic E-state index is 11.0. The lowest BCUT2D eigenvalue weighted by Crippen LogP contribution is -2.27. The fourth-order valence-electron chi connectivity index (χ4n) is 0.687. The van der Waals surface area contributed by atoms with Crippen LogP contribution >= 0.6 is 0 Å². The van der Waals surface area contributed by atoms with Crippen molar-refractivity contribution in [2.75, 3.05) is 24.6 Å². The Hall–Kier alpha value is -0.880. The summed E-state index contributed by atoms with van der Waals surface area (Å²) in [5.41, 5.74) is 0.0268. The highest BCUT2D eigenvalue weighted by Gasteiger charge is 2.07. The van der Waals surface area contributed by atoms with Crippen LogP contribution in [0.1, 0.15) is 6.92 Å². The van der Waals surface area contributed by atoms with E-state index in [0.717, 1.165) is 0 Å². The van der Waals surface area contributed by atoms with E-state index in [4.69, 9.17) is 5.11 Å². The van der Waals surface area contributed by atoms with Crippen LogP contribution in [0.5, 0.6) is 0 Å². The fraction of sp³-hybridized carbons (Fsp3) is 0.625. The van der Waals surface area contributed by atoms with E-state index in [-0.39, 0.29) is 30.2 Å². The summed E-state index contributed by atoms with van der Waals surface area (Å²) < 4.78 is 22.0. The Balaban J connectivity index is 3.68. The first kappa shape index (κ1) is 13.1. The molecule has 0 unspecified atom stereocenters. The van der Waals surface area contributed by atoms with Crippen LogP contribution in [0, 0.1) is 0 Å². The topological polar surface area (TPSA) is 83.5 Å². The summed E-state index contributed by atoms with van der Waals surface area (Å²) in [6, 6.07) is 0. The Morgan fingerprint density at radius 3 is 2.50 bits per heavy atom. The molecule has 0 aromatic heterocycles. The molecule has 0 aliphatic heterocycles. The normalized spacial score (nSPS) is 11.2. The largest absolute Gasteiger partial charge is 0.478 e. The predicted molar refractivity (Wildman–Crippen MR) is 54.0 cm³/mol. The van der Waals surface area contributed by atoms with Gasteiger partial charge in [0.2, 0.25) is 0 Å². The summed E-state index contributed by atoms with van der Waals surface area (Å²) in [6.45, 7) is 5.23. The lowest BCUT2D eigenvalue weighted by Gasteiger charge is -2.04. The fourth-order valence-corrected chi connectivity index (χ4v) is 1.43. The van der Waals surface area contributed by atoms with E-state index in [1.807, 2.05) is 0 Å². The summed E-state index contributed by atoms with van der Waals surface area (Å²) >= 11 is 0. The molecule has 14 heavy (non-hydrogen) atoms. The molecule has 0 aromatic rings. The third kappa shape index (κ3) is 5.71. The summed E-state index contributed by atoms with van der Waals surface area (Å²) in [5, 5.41) is 11.1. The molecule has 0 rings (SSSR count). The van der Waals surface area contributed by atoms with Crippen LogP contribution in [0.25, 0.3) is 0 Å². The first-order valence-electron chi connectivity index (χ1n) is 4.21. The van der Waals surface area contributed by atoms with Crippen LogP contribution in [0.3, 0.4) is 0 Å². The van der Waals surface area contributed by atoms with Crippen molar-refractivity contribution in [1.82, 2.24) is 5.32 Å². The van der Waals surface area contributed by atoms with Crippen LogP contribution in [0.2, 0.25) is 0 Å². The van der Waals surface area contributed by atoms with Crippen LogP contribution in [-0.2, 0) is 14.6 Å². The number of rotatable bonds is 7. The third-order valence-electron chi connectivity index (χ3n) is 1.67. The lowest BCUT2D eigenvalue weighted by atomic mass is 10.3. The first-order valence-corrected chi connectivity index (χ1v) is 6.03. The molecule has 0 saturated heterocycles. The molecular formula is C8H15NO4S. The molecule has 0 spiro atoms. The van der Waals surface area contributed by atoms with E-state index in [9.17, 15) is 13.2 Å². The van der Waals surface area contributed by atoms with E-state index in [1.54, 1.807) is 6.92 Å². The molecule has 5 nitrogen and oxygen atoms in total. The zero-order valence-corrected chi connectivity index (χ0v) is 8.93. The van der Waals surface area contributed by atoms with Crippen molar-refractivity contribution in [3.63, 3.8) is 0 Å². The second kappa shape index (κ2) is 5.77. The van der Waals surface area contributed by atoms with Gasteiger partial charge in [0.05, 0.1) is 5.75 Å². The maximum absolute atomic E-state index is 11.0. The minimum atomic E-state index is -2.98. The zero-order valence-electron chi connectivity index (χ0n) is 8.12. The van der Waals surface area contributed by atoms with Crippen molar-refractivity contribution in [2.45, 2.75) is 6.92 Å². The van der Waals surface area contributed by atoms with Gasteiger partial charge in [0, 0.05) is 24.4 Å². The highest BCUT2D eigenvalue weighted by molar-refractivity contribution is 7.91. The molecule has 0 saturated carbocycles. The van der Waals surface area contributed by atoms with Gasteiger partial charge in [-0.25, -0.2) is 13.2 Å². The van der Waals surface area contributed by atoms with Gasteiger partial charge in [0.25, 0.3) is 0 Å². The molecule has 0 fully saturated rings. The van der Waals surface area contributed by atoms with Gasteiger partial charge in [0.1, 0.15) is 0 Å². The quantitative estimate of drug-likeness (QED) is 0.453. The van der Waals surface area contributed by atoms with E-state index < -0.39 is 15.8 Å². The second-order valence-electron chi connectivity index (χ2n) is 2.82. The molecule has 0 atom stereocenters. The number of carboxylic acids is 1. The number of hydrogen-bond donors (Lipinski definition) is 2. The maximum Gasteiger partial charge on any atom is 0.332 e. The average Bonchev–Trinajstić information content (AvgIpc) is 2.12. The van der Waals surface area contributed by atoms with Crippen LogP contribution in [0.4, 0.5) is 0 Å². The minimum Gasteiger partial charge on any atom is -0.478 e. The van der Waals surface area contributed by atoms with Gasteiger partial charge in [-0.05, 0) is 0 Å². The Kier molecular flexibility index (Phi) is 5.40. The zero-order chi connectivity index (χ0) is 11.2. The molecule has 6 heteroatoms. The molecule has 0 aromatic carbocycles. The van der Waals surface area contributed by atoms with Crippen LogP contribution < -0.4 is 5.32 Å². The summed E-state index contributed by atoms with van der Waals surface area (Å²) in [4.78, 5) is 10.3. The molecular weight excluding hydrogens is 206 g/mol. The molecule has 0 radical (unpaired) electrons. The van der Waals surface area contributed by atoms with Crippen molar-refractivity contribution in [2.24, 2.45) is 0 Å². The predicted octanol–water partition coefficient (Wildman–Crippen LogP) is -0.349. The molecule has 0 aliphatic carbocycles. The first-order chi connectivity index (χ1) is 6.39. The number of carboxylic acid groups (broad SMARTS) is 1. The van der Waals surface area contributed by atoms with Gasteiger partial charge in [-0.3, -0.25) is 0 Å². The van der Waals surface area contributed by atoms with Crippen molar-refractivity contribution in [3.05, 3.63) is 12.2 Å². The van der Waals surface area contributed by atoms with Crippen molar-refractivity contribution in [3.8, 4) is 0 Å². The smallest absolute Gasteiger partial charge is 0.332 e. The van der Waals surface area contributed by atoms with Crippen LogP contribution in [0.15, 0.2) is 12.2 Å². The number of aliphatic carboxylic acids is 1. The number of hydrogen-bond acceptors (Lipinski definition) is 4. The van der Waals surface area contributed by atoms with Crippen molar-refractivity contribution in [1.29, 1.82) is 0 Å². The Bertz CT molecular complexity index is 307. The molecule has 0 aliphatic rings. The Morgan fingerprint density at radius 1 is 1.50 bits per heavy atom. The van der Waals surface area contributed by atoms with E-state index >= 15 is 0 Å². The standard InChI is InChI=1S/C8H15NO4S/c1-3-14(12,13)5-4-9-6-7(2)8(10)11/h9H,2-6H2,1H3,(H,10,11). The van der Waals surface area contributed by atoms with Gasteiger partial charge in [0.15, 0.2) is 9.84 Å². The summed E-state index contributed by atoms with van der Waals surface area (Å²) in [6.07, 6.45) is 0. The Morgan fingerprint density at radius 2 is 2.07 bits per heavy atom. The van der Waals surface area contributed by atoms with Gasteiger partial charge >= 0.3 is 5.97 Å². The Labute approximate surface area is 83.7 Å². The molecule has 0 heterocycles. The molecule has 82 valence electrons. The van der Waals surface area contributed by atoms with E-state index in [1.165, 1.54) is 0 Å². The van der Waals surface area contributed by atoms with E-state index in [0.29, 0.717) is 0 Å². The van der Waals surface area contributed by atoms with Crippen molar-refractivity contribution < 1.29 is 18.3 Å². The molecule has 0 bridgehead atoms. The molecule has 0 amide bonds. The SMILES string of the molecule is C=C(CNCCS(=O)(=O)CC)C(=O)O. The lowest BCUT2D eigenvalue weighted by molar-refractivity contribution is -0.132. The highest BCUT2D eigenvalue weighted by atomic mass is 32.2. The van der Waals surface area contributed by atoms with Crippen molar-refractivity contribution >= 4 is 15.8 Å². The number of nitrogens with one attached hydrogen (secondary N) is 1. The summed E-state index contributed by atoms with van der Waals surface area (Å²) in [7, 11) is -2.98. The number of sulfone groups is 1. The van der Waals surface area contributed by atoms with Gasteiger partial charge in [-0.1, -0.05) is 13.5 Å². The molecule has 2 N–H and O–H groups in total. The second-order valence-corrected chi connectivity index (χ2v) is 5.29.